The number of carbonyl (C=O) groups excluding carboxylic acids is 1. The van der Waals surface area contributed by atoms with Crippen LogP contribution in [0, 0.1) is 0 Å². The highest BCUT2D eigenvalue weighted by Crippen LogP contribution is 2.07. The van der Waals surface area contributed by atoms with Crippen molar-refractivity contribution in [2.75, 3.05) is 12.0 Å². The highest BCUT2D eigenvalue weighted by molar-refractivity contribution is 5.94. The molecule has 0 aliphatic rings. The second-order valence-electron chi connectivity index (χ2n) is 2.58. The molecule has 0 fully saturated rings. The molecule has 1 aromatic rings. The Morgan fingerprint density at radius 3 is 2.46 bits per heavy atom. The van der Waals surface area contributed by atoms with E-state index in [4.69, 9.17) is 5.84 Å². The van der Waals surface area contributed by atoms with Gasteiger partial charge in [-0.3, -0.25) is 10.6 Å². The van der Waals surface area contributed by atoms with Gasteiger partial charge in [-0.05, 0) is 31.2 Å². The Hall–Kier alpha value is -1.55. The number of rotatable bonds is 3. The summed E-state index contributed by atoms with van der Waals surface area (Å²) in [5.74, 6) is 5.12. The van der Waals surface area contributed by atoms with Gasteiger partial charge in [0.25, 0.3) is 5.91 Å². The van der Waals surface area contributed by atoms with Crippen LogP contribution in [0.5, 0.6) is 0 Å². The lowest BCUT2D eigenvalue weighted by molar-refractivity contribution is 0.0956. The molecule has 0 spiro atoms. The average molecular weight is 179 g/mol. The second-order valence-corrected chi connectivity index (χ2v) is 2.58. The molecule has 0 saturated carbocycles. The third-order valence-corrected chi connectivity index (χ3v) is 1.65. The molecule has 0 radical (unpaired) electrons. The van der Waals surface area contributed by atoms with Gasteiger partial charge in [0, 0.05) is 17.8 Å². The first-order valence-corrected chi connectivity index (χ1v) is 4.12. The molecule has 4 heteroatoms. The minimum Gasteiger partial charge on any atom is -0.352 e. The summed E-state index contributed by atoms with van der Waals surface area (Å²) in [6, 6.07) is 6.95. The highest BCUT2D eigenvalue weighted by Gasteiger charge is 2.02. The topological polar surface area (TPSA) is 67.2 Å². The molecule has 0 aromatic heterocycles. The fourth-order valence-electron chi connectivity index (χ4n) is 0.980. The number of amides is 1. The molecule has 0 aliphatic heterocycles. The largest absolute Gasteiger partial charge is 0.352 e. The molecule has 0 bridgehead atoms. The molecule has 0 heterocycles. The molecule has 4 nitrogen and oxygen atoms in total. The summed E-state index contributed by atoms with van der Waals surface area (Å²) in [6.07, 6.45) is 0. The number of anilines is 1. The Labute approximate surface area is 77.1 Å². The monoisotopic (exact) mass is 179 g/mol. The van der Waals surface area contributed by atoms with Gasteiger partial charge in [0.15, 0.2) is 0 Å². The predicted octanol–water partition coefficient (Wildman–Crippen LogP) is 0.722. The zero-order chi connectivity index (χ0) is 9.68. The first-order chi connectivity index (χ1) is 6.27. The van der Waals surface area contributed by atoms with Crippen LogP contribution in [0.25, 0.3) is 0 Å². The molecule has 0 atom stereocenters. The van der Waals surface area contributed by atoms with Gasteiger partial charge in [-0.25, -0.2) is 0 Å². The average Bonchev–Trinajstić information content (AvgIpc) is 2.18. The quantitative estimate of drug-likeness (QED) is 0.473. The van der Waals surface area contributed by atoms with E-state index in [0.29, 0.717) is 12.1 Å². The van der Waals surface area contributed by atoms with Gasteiger partial charge in [-0.1, -0.05) is 0 Å². The van der Waals surface area contributed by atoms with Gasteiger partial charge in [0.05, 0.1) is 0 Å². The number of hydrogen-bond donors (Lipinski definition) is 3. The van der Waals surface area contributed by atoms with E-state index in [-0.39, 0.29) is 5.91 Å². The predicted molar refractivity (Wildman–Crippen MR) is 52.3 cm³/mol. The van der Waals surface area contributed by atoms with Gasteiger partial charge >= 0.3 is 0 Å². The highest BCUT2D eigenvalue weighted by atomic mass is 16.1. The zero-order valence-corrected chi connectivity index (χ0v) is 7.50. The Kier molecular flexibility index (Phi) is 3.28. The molecule has 70 valence electrons. The number of hydrazine groups is 1. The van der Waals surface area contributed by atoms with Gasteiger partial charge in [-0.2, -0.15) is 0 Å². The number of nitrogen functional groups attached to an aromatic ring is 1. The Balaban J connectivity index is 2.74. The molecule has 1 aromatic carbocycles. The minimum atomic E-state index is -0.0638. The fourth-order valence-corrected chi connectivity index (χ4v) is 0.980. The summed E-state index contributed by atoms with van der Waals surface area (Å²) >= 11 is 0. The SMILES string of the molecule is CCNC(=O)c1ccc(NN)cc1. The van der Waals surface area contributed by atoms with E-state index in [1.54, 1.807) is 24.3 Å². The second kappa shape index (κ2) is 4.47. The van der Waals surface area contributed by atoms with Crippen LogP contribution in [0.15, 0.2) is 24.3 Å². The molecule has 1 rings (SSSR count). The number of carbonyl (C=O) groups is 1. The first kappa shape index (κ1) is 9.54. The van der Waals surface area contributed by atoms with E-state index in [9.17, 15) is 4.79 Å². The van der Waals surface area contributed by atoms with Crippen molar-refractivity contribution < 1.29 is 4.79 Å². The van der Waals surface area contributed by atoms with Crippen LogP contribution in [0.3, 0.4) is 0 Å². The van der Waals surface area contributed by atoms with Crippen molar-refractivity contribution in [1.29, 1.82) is 0 Å². The molecule has 0 aliphatic carbocycles. The van der Waals surface area contributed by atoms with E-state index in [1.807, 2.05) is 6.92 Å². The van der Waals surface area contributed by atoms with E-state index < -0.39 is 0 Å². The van der Waals surface area contributed by atoms with Crippen LogP contribution in [0.4, 0.5) is 5.69 Å². The van der Waals surface area contributed by atoms with Crippen LogP contribution >= 0.6 is 0 Å². The van der Waals surface area contributed by atoms with Crippen LogP contribution in [-0.2, 0) is 0 Å². The number of benzene rings is 1. The molecular weight excluding hydrogens is 166 g/mol. The smallest absolute Gasteiger partial charge is 0.251 e. The summed E-state index contributed by atoms with van der Waals surface area (Å²) < 4.78 is 0. The van der Waals surface area contributed by atoms with Crippen LogP contribution < -0.4 is 16.6 Å². The Morgan fingerprint density at radius 1 is 1.38 bits per heavy atom. The van der Waals surface area contributed by atoms with Crippen molar-refractivity contribution >= 4 is 11.6 Å². The lowest BCUT2D eigenvalue weighted by Crippen LogP contribution is -2.22. The lowest BCUT2D eigenvalue weighted by atomic mass is 10.2. The molecule has 0 saturated heterocycles. The zero-order valence-electron chi connectivity index (χ0n) is 7.50. The minimum absolute atomic E-state index is 0.0638. The standard InChI is InChI=1S/C9H13N3O/c1-2-11-9(13)7-3-5-8(12-10)6-4-7/h3-6,12H,2,10H2,1H3,(H,11,13). The Morgan fingerprint density at radius 2 is 2.00 bits per heavy atom. The van der Waals surface area contributed by atoms with E-state index in [1.165, 1.54) is 0 Å². The molecule has 13 heavy (non-hydrogen) atoms. The fraction of sp³-hybridized carbons (Fsp3) is 0.222. The summed E-state index contributed by atoms with van der Waals surface area (Å²) in [7, 11) is 0. The Bertz CT molecular complexity index is 281. The van der Waals surface area contributed by atoms with Crippen LogP contribution in [0.1, 0.15) is 17.3 Å². The van der Waals surface area contributed by atoms with Gasteiger partial charge < -0.3 is 10.7 Å². The van der Waals surface area contributed by atoms with Gasteiger partial charge in [0.1, 0.15) is 0 Å². The van der Waals surface area contributed by atoms with Crippen LogP contribution in [-0.4, -0.2) is 12.5 Å². The number of nitrogens with two attached hydrogens (primary N) is 1. The summed E-state index contributed by atoms with van der Waals surface area (Å²) in [5, 5.41) is 2.71. The third-order valence-electron chi connectivity index (χ3n) is 1.65. The van der Waals surface area contributed by atoms with Crippen molar-refractivity contribution in [2.45, 2.75) is 6.92 Å². The maximum absolute atomic E-state index is 11.3. The first-order valence-electron chi connectivity index (χ1n) is 4.12. The van der Waals surface area contributed by atoms with Crippen molar-refractivity contribution in [3.8, 4) is 0 Å². The summed E-state index contributed by atoms with van der Waals surface area (Å²) in [6.45, 7) is 2.52. The van der Waals surface area contributed by atoms with Crippen molar-refractivity contribution in [1.82, 2.24) is 5.32 Å². The molecule has 0 unspecified atom stereocenters. The third kappa shape index (κ3) is 2.45. The maximum Gasteiger partial charge on any atom is 0.251 e. The van der Waals surface area contributed by atoms with E-state index in [2.05, 4.69) is 10.7 Å². The lowest BCUT2D eigenvalue weighted by Gasteiger charge is -2.03. The van der Waals surface area contributed by atoms with Crippen molar-refractivity contribution in [3.05, 3.63) is 29.8 Å². The normalized spacial score (nSPS) is 9.38. The van der Waals surface area contributed by atoms with E-state index in [0.717, 1.165) is 5.69 Å². The summed E-state index contributed by atoms with van der Waals surface area (Å²) in [5.41, 5.74) is 3.92. The number of nitrogens with one attached hydrogen (secondary N) is 2. The summed E-state index contributed by atoms with van der Waals surface area (Å²) in [4.78, 5) is 11.3. The molecular formula is C9H13N3O. The van der Waals surface area contributed by atoms with Crippen molar-refractivity contribution in [2.24, 2.45) is 5.84 Å². The van der Waals surface area contributed by atoms with Crippen LogP contribution in [0.2, 0.25) is 0 Å². The van der Waals surface area contributed by atoms with E-state index >= 15 is 0 Å². The van der Waals surface area contributed by atoms with Gasteiger partial charge in [-0.15, -0.1) is 0 Å². The van der Waals surface area contributed by atoms with Gasteiger partial charge in [0.2, 0.25) is 0 Å². The number of hydrogen-bond acceptors (Lipinski definition) is 3. The molecule has 1 amide bonds. The molecule has 4 N–H and O–H groups in total. The van der Waals surface area contributed by atoms with Crippen molar-refractivity contribution in [3.63, 3.8) is 0 Å². The maximum atomic E-state index is 11.3.